The average molecular weight is 304 g/mol. The summed E-state index contributed by atoms with van der Waals surface area (Å²) >= 11 is 0. The standard InChI is InChI=1S/C14H25FN2O4/c1-4-5-16-14(9(2)3)11(18)7-12(19)17-10(8-15)6-13(20)21/h9-10,14,16H,4-8H2,1-3H3,(H,17,19)(H,20,21). The molecule has 0 spiro atoms. The fraction of sp³-hybridized carbons (Fsp3) is 0.786. The highest BCUT2D eigenvalue weighted by Gasteiger charge is 2.24. The van der Waals surface area contributed by atoms with E-state index in [2.05, 4.69) is 10.6 Å². The number of carboxylic acids is 1. The van der Waals surface area contributed by atoms with Gasteiger partial charge in [-0.15, -0.1) is 0 Å². The molecule has 0 aromatic heterocycles. The van der Waals surface area contributed by atoms with Crippen molar-refractivity contribution in [1.29, 1.82) is 0 Å². The molecule has 0 bridgehead atoms. The van der Waals surface area contributed by atoms with Crippen molar-refractivity contribution in [3.63, 3.8) is 0 Å². The molecule has 0 rings (SSSR count). The van der Waals surface area contributed by atoms with Gasteiger partial charge in [0, 0.05) is 0 Å². The number of rotatable bonds is 11. The normalized spacial score (nSPS) is 13.8. The number of carbonyl (C=O) groups is 3. The third-order valence-corrected chi connectivity index (χ3v) is 2.93. The zero-order valence-electron chi connectivity index (χ0n) is 12.8. The molecule has 0 heterocycles. The van der Waals surface area contributed by atoms with Crippen LogP contribution in [-0.2, 0) is 14.4 Å². The highest BCUT2D eigenvalue weighted by atomic mass is 19.1. The highest BCUT2D eigenvalue weighted by Crippen LogP contribution is 2.06. The Balaban J connectivity index is 4.45. The summed E-state index contributed by atoms with van der Waals surface area (Å²) in [5, 5.41) is 13.9. The molecule has 0 aliphatic heterocycles. The van der Waals surface area contributed by atoms with Crippen molar-refractivity contribution >= 4 is 17.7 Å². The molecule has 0 aliphatic carbocycles. The summed E-state index contributed by atoms with van der Waals surface area (Å²) in [6, 6.07) is -1.53. The number of hydrogen-bond donors (Lipinski definition) is 3. The summed E-state index contributed by atoms with van der Waals surface area (Å²) < 4.78 is 12.6. The van der Waals surface area contributed by atoms with Gasteiger partial charge >= 0.3 is 5.97 Å². The minimum absolute atomic E-state index is 0.0350. The second-order valence-electron chi connectivity index (χ2n) is 5.34. The molecule has 1 amide bonds. The van der Waals surface area contributed by atoms with Gasteiger partial charge in [0.05, 0.1) is 24.9 Å². The van der Waals surface area contributed by atoms with E-state index in [-0.39, 0.29) is 18.1 Å². The molecular weight excluding hydrogens is 279 g/mol. The Morgan fingerprint density at radius 3 is 2.29 bits per heavy atom. The minimum Gasteiger partial charge on any atom is -0.481 e. The number of amides is 1. The predicted octanol–water partition coefficient (Wildman–Crippen LogP) is 0.899. The molecule has 0 aromatic carbocycles. The van der Waals surface area contributed by atoms with Crippen molar-refractivity contribution in [1.82, 2.24) is 10.6 Å². The smallest absolute Gasteiger partial charge is 0.305 e. The van der Waals surface area contributed by atoms with Crippen LogP contribution >= 0.6 is 0 Å². The van der Waals surface area contributed by atoms with E-state index in [1.54, 1.807) is 0 Å². The molecule has 3 N–H and O–H groups in total. The number of halogens is 1. The van der Waals surface area contributed by atoms with Gasteiger partial charge in [0.15, 0.2) is 5.78 Å². The molecule has 0 saturated heterocycles. The topological polar surface area (TPSA) is 95.5 Å². The lowest BCUT2D eigenvalue weighted by molar-refractivity contribution is -0.137. The first-order valence-electron chi connectivity index (χ1n) is 7.15. The maximum Gasteiger partial charge on any atom is 0.305 e. The van der Waals surface area contributed by atoms with E-state index < -0.39 is 37.1 Å². The first kappa shape index (κ1) is 19.5. The monoisotopic (exact) mass is 304 g/mol. The second kappa shape index (κ2) is 10.3. The lowest BCUT2D eigenvalue weighted by atomic mass is 9.97. The number of alkyl halides is 1. The lowest BCUT2D eigenvalue weighted by Gasteiger charge is -2.21. The van der Waals surface area contributed by atoms with Gasteiger partial charge in [0.25, 0.3) is 0 Å². The van der Waals surface area contributed by atoms with E-state index >= 15 is 0 Å². The third-order valence-electron chi connectivity index (χ3n) is 2.93. The zero-order chi connectivity index (χ0) is 16.4. The van der Waals surface area contributed by atoms with Crippen LogP contribution in [-0.4, -0.2) is 48.1 Å². The summed E-state index contributed by atoms with van der Waals surface area (Å²) in [6.07, 6.45) is -0.0148. The Kier molecular flexibility index (Phi) is 9.53. The Morgan fingerprint density at radius 2 is 1.86 bits per heavy atom. The van der Waals surface area contributed by atoms with Crippen molar-refractivity contribution in [2.45, 2.75) is 52.1 Å². The predicted molar refractivity (Wildman–Crippen MR) is 76.7 cm³/mol. The second-order valence-corrected chi connectivity index (χ2v) is 5.34. The van der Waals surface area contributed by atoms with E-state index in [0.29, 0.717) is 6.54 Å². The first-order chi connectivity index (χ1) is 9.81. The van der Waals surface area contributed by atoms with Crippen molar-refractivity contribution in [2.24, 2.45) is 5.92 Å². The number of hydrogen-bond acceptors (Lipinski definition) is 4. The van der Waals surface area contributed by atoms with E-state index in [4.69, 9.17) is 5.11 Å². The van der Waals surface area contributed by atoms with Gasteiger partial charge < -0.3 is 15.7 Å². The molecule has 21 heavy (non-hydrogen) atoms. The number of carbonyl (C=O) groups excluding carboxylic acids is 2. The summed E-state index contributed by atoms with van der Waals surface area (Å²) in [6.45, 7) is 5.41. The molecular formula is C14H25FN2O4. The van der Waals surface area contributed by atoms with E-state index in [9.17, 15) is 18.8 Å². The Morgan fingerprint density at radius 1 is 1.24 bits per heavy atom. The summed E-state index contributed by atoms with van der Waals surface area (Å²) in [4.78, 5) is 34.2. The van der Waals surface area contributed by atoms with Gasteiger partial charge in [0.2, 0.25) is 5.91 Å². The summed E-state index contributed by atoms with van der Waals surface area (Å²) in [5.41, 5.74) is 0. The van der Waals surface area contributed by atoms with Crippen LogP contribution in [0, 0.1) is 5.92 Å². The van der Waals surface area contributed by atoms with Crippen LogP contribution in [0.25, 0.3) is 0 Å². The number of ketones is 1. The average Bonchev–Trinajstić information content (AvgIpc) is 2.37. The van der Waals surface area contributed by atoms with Crippen LogP contribution in [0.1, 0.15) is 40.0 Å². The Hall–Kier alpha value is -1.50. The summed E-state index contributed by atoms with van der Waals surface area (Å²) in [7, 11) is 0. The fourth-order valence-corrected chi connectivity index (χ4v) is 1.92. The maximum absolute atomic E-state index is 12.6. The van der Waals surface area contributed by atoms with Gasteiger partial charge in [-0.25, -0.2) is 4.39 Å². The molecule has 0 saturated carbocycles. The maximum atomic E-state index is 12.6. The van der Waals surface area contributed by atoms with Crippen molar-refractivity contribution in [3.05, 3.63) is 0 Å². The van der Waals surface area contributed by atoms with Crippen LogP contribution < -0.4 is 10.6 Å². The van der Waals surface area contributed by atoms with Crippen LogP contribution in [0.2, 0.25) is 0 Å². The molecule has 0 aliphatic rings. The first-order valence-corrected chi connectivity index (χ1v) is 7.15. The number of aliphatic carboxylic acids is 1. The van der Waals surface area contributed by atoms with Crippen molar-refractivity contribution in [2.75, 3.05) is 13.2 Å². The van der Waals surface area contributed by atoms with E-state index in [1.165, 1.54) is 0 Å². The number of nitrogens with one attached hydrogen (secondary N) is 2. The third kappa shape index (κ3) is 8.39. The molecule has 0 aromatic rings. The summed E-state index contributed by atoms with van der Waals surface area (Å²) in [5.74, 6) is -2.08. The quantitative estimate of drug-likeness (QED) is 0.493. The molecule has 2 unspecified atom stereocenters. The number of Topliss-reactive ketones (excluding diaryl/α,β-unsaturated/α-hetero) is 1. The van der Waals surface area contributed by atoms with Crippen LogP contribution in [0.15, 0.2) is 0 Å². The molecule has 122 valence electrons. The molecule has 0 fully saturated rings. The Bertz CT molecular complexity index is 361. The molecule has 6 nitrogen and oxygen atoms in total. The lowest BCUT2D eigenvalue weighted by Crippen LogP contribution is -2.45. The SMILES string of the molecule is CCCNC(C(=O)CC(=O)NC(CF)CC(=O)O)C(C)C. The largest absolute Gasteiger partial charge is 0.481 e. The minimum atomic E-state index is -1.20. The van der Waals surface area contributed by atoms with Crippen molar-refractivity contribution in [3.8, 4) is 0 Å². The molecule has 0 radical (unpaired) electrons. The van der Waals surface area contributed by atoms with Crippen LogP contribution in [0.5, 0.6) is 0 Å². The van der Waals surface area contributed by atoms with Gasteiger partial charge in [-0.2, -0.15) is 0 Å². The van der Waals surface area contributed by atoms with E-state index in [1.807, 2.05) is 20.8 Å². The van der Waals surface area contributed by atoms with Gasteiger partial charge in [-0.3, -0.25) is 14.4 Å². The zero-order valence-corrected chi connectivity index (χ0v) is 12.8. The van der Waals surface area contributed by atoms with Gasteiger partial charge in [-0.05, 0) is 18.9 Å². The van der Waals surface area contributed by atoms with Crippen molar-refractivity contribution < 1.29 is 23.9 Å². The van der Waals surface area contributed by atoms with Gasteiger partial charge in [0.1, 0.15) is 6.67 Å². The Labute approximate surface area is 124 Å². The fourth-order valence-electron chi connectivity index (χ4n) is 1.92. The van der Waals surface area contributed by atoms with E-state index in [0.717, 1.165) is 6.42 Å². The van der Waals surface area contributed by atoms with Crippen LogP contribution in [0.3, 0.4) is 0 Å². The van der Waals surface area contributed by atoms with Gasteiger partial charge in [-0.1, -0.05) is 20.8 Å². The molecule has 7 heteroatoms. The number of carboxylic acid groups (broad SMARTS) is 1. The highest BCUT2D eigenvalue weighted by molar-refractivity contribution is 6.00. The van der Waals surface area contributed by atoms with Crippen LogP contribution in [0.4, 0.5) is 4.39 Å². The molecule has 2 atom stereocenters.